The highest BCUT2D eigenvalue weighted by Gasteiger charge is 2.67. The second kappa shape index (κ2) is 6.86. The van der Waals surface area contributed by atoms with Gasteiger partial charge in [0.15, 0.2) is 5.54 Å². The molecule has 4 rings (SSSR count). The first-order chi connectivity index (χ1) is 13.4. The van der Waals surface area contributed by atoms with E-state index >= 15 is 0 Å². The molecule has 8 heteroatoms. The molecule has 28 heavy (non-hydrogen) atoms. The predicted octanol–water partition coefficient (Wildman–Crippen LogP) is 3.42. The Hall–Kier alpha value is -2.45. The zero-order valence-corrected chi connectivity index (χ0v) is 17.0. The quantitative estimate of drug-likeness (QED) is 0.555. The second-order valence-corrected chi connectivity index (χ2v) is 8.03. The number of hydrogen-bond acceptors (Lipinski definition) is 5. The van der Waals surface area contributed by atoms with Crippen LogP contribution in [0.4, 0.5) is 5.69 Å². The van der Waals surface area contributed by atoms with Crippen LogP contribution in [0.5, 0.6) is 5.75 Å². The highest BCUT2D eigenvalue weighted by molar-refractivity contribution is 9.10. The summed E-state index contributed by atoms with van der Waals surface area (Å²) in [5.74, 6) is -0.344. The maximum Gasteiger partial charge on any atom is 0.256 e. The van der Waals surface area contributed by atoms with Crippen LogP contribution >= 0.6 is 15.9 Å². The number of carbonyl (C=O) groups excluding carboxylic acids is 1. The van der Waals surface area contributed by atoms with E-state index in [1.165, 1.54) is 0 Å². The Balaban J connectivity index is 1.91. The highest BCUT2D eigenvalue weighted by Crippen LogP contribution is 2.51. The molecule has 7 nitrogen and oxygen atoms in total. The number of hydrogen-bond donors (Lipinski definition) is 2. The third-order valence-corrected chi connectivity index (χ3v) is 6.09. The average molecular weight is 446 g/mol. The number of rotatable bonds is 4. The molecule has 1 saturated heterocycles. The van der Waals surface area contributed by atoms with Gasteiger partial charge in [0.2, 0.25) is 0 Å². The third-order valence-electron chi connectivity index (χ3n) is 5.59. The van der Waals surface area contributed by atoms with E-state index in [1.807, 2.05) is 26.0 Å². The molecule has 2 aromatic carbocycles. The van der Waals surface area contributed by atoms with Crippen LogP contribution in [-0.2, 0) is 10.3 Å². The minimum absolute atomic E-state index is 0.319. The number of fused-ring (bicyclic) bond motifs is 2. The summed E-state index contributed by atoms with van der Waals surface area (Å²) in [7, 11) is 0. The molecule has 0 unspecified atom stereocenters. The fourth-order valence-corrected chi connectivity index (χ4v) is 4.97. The Morgan fingerprint density at radius 3 is 2.75 bits per heavy atom. The molecule has 4 atom stereocenters. The van der Waals surface area contributed by atoms with Crippen LogP contribution in [-0.4, -0.2) is 29.5 Å². The van der Waals surface area contributed by atoms with Gasteiger partial charge in [0.25, 0.3) is 11.9 Å². The van der Waals surface area contributed by atoms with Crippen LogP contribution in [0.3, 0.4) is 0 Å². The summed E-state index contributed by atoms with van der Waals surface area (Å²) in [4.78, 5) is 25.1. The van der Waals surface area contributed by atoms with E-state index in [9.17, 15) is 14.9 Å². The van der Waals surface area contributed by atoms with Crippen LogP contribution in [0.25, 0.3) is 0 Å². The number of ether oxygens (including phenoxy) is 1. The molecule has 1 fully saturated rings. The topological polar surface area (TPSA) is 93.5 Å². The molecule has 0 aliphatic carbocycles. The Kier molecular flexibility index (Phi) is 4.63. The highest BCUT2D eigenvalue weighted by atomic mass is 79.9. The van der Waals surface area contributed by atoms with Gasteiger partial charge in [-0.15, -0.1) is 0 Å². The number of carbonyl (C=O) groups is 1. The average Bonchev–Trinajstić information content (AvgIpc) is 3.12. The number of nitro groups is 1. The molecule has 0 radical (unpaired) electrons. The summed E-state index contributed by atoms with van der Waals surface area (Å²) in [6, 6.07) is 11.1. The number of amides is 1. The number of para-hydroxylation sites is 1. The van der Waals surface area contributed by atoms with Crippen molar-refractivity contribution in [3.8, 4) is 5.75 Å². The molecule has 1 spiro atoms. The van der Waals surface area contributed by atoms with Crippen LogP contribution in [0.15, 0.2) is 46.9 Å². The van der Waals surface area contributed by atoms with Crippen molar-refractivity contribution in [3.05, 3.63) is 68.2 Å². The van der Waals surface area contributed by atoms with Gasteiger partial charge < -0.3 is 10.1 Å². The lowest BCUT2D eigenvalue weighted by Crippen LogP contribution is -2.54. The maximum atomic E-state index is 13.1. The van der Waals surface area contributed by atoms with Gasteiger partial charge in [-0.05, 0) is 38.1 Å². The molecule has 2 aliphatic heterocycles. The smallest absolute Gasteiger partial charge is 0.256 e. The van der Waals surface area contributed by atoms with Crippen molar-refractivity contribution in [3.63, 3.8) is 0 Å². The van der Waals surface area contributed by atoms with Crippen LogP contribution in [0.2, 0.25) is 0 Å². The number of nitrogens with zero attached hydrogens (tertiary/aromatic N) is 1. The fourth-order valence-electron chi connectivity index (χ4n) is 4.59. The molecule has 2 aromatic rings. The Labute approximate surface area is 170 Å². The number of nitrogens with one attached hydrogen (secondary N) is 2. The first kappa shape index (κ1) is 18.9. The van der Waals surface area contributed by atoms with Crippen LogP contribution < -0.4 is 15.4 Å². The Bertz CT molecular complexity index is 966. The van der Waals surface area contributed by atoms with Crippen LogP contribution in [0.1, 0.15) is 30.9 Å². The standard InChI is InChI=1S/C20H20BrN3O4/c1-3-28-16-9-8-12(21)10-13(16)17-11(2)23-20(18(17)24(26)27)14-6-4-5-7-15(14)22-19(20)25/h4-11,17-18,23H,3H2,1-2H3,(H,22,25)/t11-,17-,18+,20-/m0/s1. The molecule has 0 bridgehead atoms. The molecule has 0 aromatic heterocycles. The van der Waals surface area contributed by atoms with E-state index in [-0.39, 0.29) is 11.0 Å². The number of halogens is 1. The van der Waals surface area contributed by atoms with Gasteiger partial charge in [0, 0.05) is 32.3 Å². The summed E-state index contributed by atoms with van der Waals surface area (Å²) in [5.41, 5.74) is 0.519. The van der Waals surface area contributed by atoms with Gasteiger partial charge in [-0.1, -0.05) is 34.1 Å². The summed E-state index contributed by atoms with van der Waals surface area (Å²) in [6.45, 7) is 4.19. The van der Waals surface area contributed by atoms with Crippen molar-refractivity contribution in [2.24, 2.45) is 0 Å². The van der Waals surface area contributed by atoms with Gasteiger partial charge in [-0.3, -0.25) is 20.2 Å². The van der Waals surface area contributed by atoms with Gasteiger partial charge in [0.05, 0.1) is 12.5 Å². The molecular formula is C20H20BrN3O4. The van der Waals surface area contributed by atoms with Crippen molar-refractivity contribution in [1.29, 1.82) is 0 Å². The van der Waals surface area contributed by atoms with Gasteiger partial charge in [-0.2, -0.15) is 0 Å². The lowest BCUT2D eigenvalue weighted by molar-refractivity contribution is -0.532. The van der Waals surface area contributed by atoms with Crippen molar-refractivity contribution in [1.82, 2.24) is 5.32 Å². The monoisotopic (exact) mass is 445 g/mol. The number of anilines is 1. The minimum Gasteiger partial charge on any atom is -0.494 e. The minimum atomic E-state index is -1.42. The van der Waals surface area contributed by atoms with E-state index in [0.717, 1.165) is 4.47 Å². The molecule has 0 saturated carbocycles. The zero-order chi connectivity index (χ0) is 20.1. The zero-order valence-electron chi connectivity index (χ0n) is 15.4. The summed E-state index contributed by atoms with van der Waals surface area (Å²) < 4.78 is 6.56. The van der Waals surface area contributed by atoms with E-state index in [1.54, 1.807) is 30.3 Å². The largest absolute Gasteiger partial charge is 0.494 e. The molecular weight excluding hydrogens is 426 g/mol. The normalized spacial score (nSPS) is 28.2. The lowest BCUT2D eigenvalue weighted by atomic mass is 9.78. The van der Waals surface area contributed by atoms with Gasteiger partial charge in [0.1, 0.15) is 5.75 Å². The van der Waals surface area contributed by atoms with Gasteiger partial charge >= 0.3 is 0 Å². The Morgan fingerprint density at radius 2 is 2.04 bits per heavy atom. The molecule has 1 amide bonds. The predicted molar refractivity (Wildman–Crippen MR) is 108 cm³/mol. The number of benzene rings is 2. The van der Waals surface area contributed by atoms with E-state index < -0.39 is 23.4 Å². The first-order valence-electron chi connectivity index (χ1n) is 9.14. The maximum absolute atomic E-state index is 13.1. The molecule has 2 N–H and O–H groups in total. The van der Waals surface area contributed by atoms with E-state index in [0.29, 0.717) is 29.2 Å². The summed E-state index contributed by atoms with van der Waals surface area (Å²) in [6.07, 6.45) is 0. The van der Waals surface area contributed by atoms with Crippen molar-refractivity contribution < 1.29 is 14.5 Å². The first-order valence-corrected chi connectivity index (χ1v) is 9.93. The van der Waals surface area contributed by atoms with Crippen LogP contribution in [0, 0.1) is 10.1 Å². The summed E-state index contributed by atoms with van der Waals surface area (Å²) >= 11 is 3.46. The lowest BCUT2D eigenvalue weighted by Gasteiger charge is -2.26. The van der Waals surface area contributed by atoms with Crippen molar-refractivity contribution in [2.75, 3.05) is 11.9 Å². The fraction of sp³-hybridized carbons (Fsp3) is 0.350. The van der Waals surface area contributed by atoms with Crippen molar-refractivity contribution >= 4 is 27.5 Å². The summed E-state index contributed by atoms with van der Waals surface area (Å²) in [5, 5.41) is 18.4. The SMILES string of the molecule is CCOc1ccc(Br)cc1[C@@H]1[C@H](C)N[C@]2(C(=O)Nc3ccccc32)[C@@H]1[N+](=O)[O-]. The van der Waals surface area contributed by atoms with Gasteiger partial charge in [-0.25, -0.2) is 0 Å². The van der Waals surface area contributed by atoms with Crippen molar-refractivity contribution in [2.45, 2.75) is 37.4 Å². The molecule has 2 aliphatic rings. The van der Waals surface area contributed by atoms with E-state index in [4.69, 9.17) is 4.74 Å². The molecule has 146 valence electrons. The third kappa shape index (κ3) is 2.62. The Morgan fingerprint density at radius 1 is 1.29 bits per heavy atom. The van der Waals surface area contributed by atoms with E-state index in [2.05, 4.69) is 26.6 Å². The second-order valence-electron chi connectivity index (χ2n) is 7.11. The molecule has 2 heterocycles.